The molecule has 0 aliphatic rings. The summed E-state index contributed by atoms with van der Waals surface area (Å²) in [6.07, 6.45) is 3.50. The van der Waals surface area contributed by atoms with Gasteiger partial charge in [0.1, 0.15) is 5.82 Å². The zero-order valence-corrected chi connectivity index (χ0v) is 12.4. The highest BCUT2D eigenvalue weighted by Gasteiger charge is 2.11. The lowest BCUT2D eigenvalue weighted by Crippen LogP contribution is -2.13. The van der Waals surface area contributed by atoms with Crippen LogP contribution in [0.4, 0.5) is 5.82 Å². The molecule has 1 aromatic carbocycles. The van der Waals surface area contributed by atoms with Crippen LogP contribution in [-0.4, -0.2) is 15.9 Å². The Kier molecular flexibility index (Phi) is 3.28. The molecule has 2 N–H and O–H groups in total. The van der Waals surface area contributed by atoms with E-state index in [-0.39, 0.29) is 5.91 Å². The topological polar surface area (TPSA) is 57.8 Å². The Morgan fingerprint density at radius 3 is 3.00 bits per heavy atom. The third-order valence-corrected chi connectivity index (χ3v) is 3.95. The van der Waals surface area contributed by atoms with Gasteiger partial charge in [0, 0.05) is 22.3 Å². The molecule has 0 atom stereocenters. The molecule has 0 aliphatic carbocycles. The lowest BCUT2D eigenvalue weighted by molar-refractivity contribution is 0.102. The summed E-state index contributed by atoms with van der Waals surface area (Å²) in [6.45, 7) is 1.95. The molecule has 0 radical (unpaired) electrons. The Morgan fingerprint density at radius 1 is 1.35 bits per heavy atom. The van der Waals surface area contributed by atoms with E-state index in [1.807, 2.05) is 37.4 Å². The fourth-order valence-electron chi connectivity index (χ4n) is 2.07. The number of hydrogen-bond donors (Lipinski definition) is 2. The van der Waals surface area contributed by atoms with Crippen molar-refractivity contribution in [3.8, 4) is 0 Å². The number of nitrogens with zero attached hydrogens (tertiary/aromatic N) is 1. The van der Waals surface area contributed by atoms with E-state index in [1.165, 1.54) is 0 Å². The second-order valence-corrected chi connectivity index (χ2v) is 5.37. The van der Waals surface area contributed by atoms with Gasteiger partial charge in [-0.25, -0.2) is 4.98 Å². The second kappa shape index (κ2) is 5.09. The third kappa shape index (κ3) is 2.32. The van der Waals surface area contributed by atoms with Crippen LogP contribution in [0, 0.1) is 6.92 Å². The molecule has 0 aliphatic heterocycles. The fraction of sp³-hybridized carbons (Fsp3) is 0.0667. The van der Waals surface area contributed by atoms with Crippen molar-refractivity contribution in [3.05, 3.63) is 58.3 Å². The van der Waals surface area contributed by atoms with Crippen LogP contribution in [0.1, 0.15) is 15.9 Å². The molecule has 2 aromatic heterocycles. The number of halogens is 1. The Labute approximate surface area is 124 Å². The summed E-state index contributed by atoms with van der Waals surface area (Å²) in [5.74, 6) is 0.367. The van der Waals surface area contributed by atoms with Crippen LogP contribution >= 0.6 is 15.9 Å². The summed E-state index contributed by atoms with van der Waals surface area (Å²) in [6, 6.07) is 9.39. The molecule has 4 nitrogen and oxygen atoms in total. The Morgan fingerprint density at radius 2 is 2.20 bits per heavy atom. The molecule has 0 bridgehead atoms. The van der Waals surface area contributed by atoms with Gasteiger partial charge in [-0.3, -0.25) is 4.79 Å². The summed E-state index contributed by atoms with van der Waals surface area (Å²) in [4.78, 5) is 19.6. The molecule has 2 heterocycles. The normalized spacial score (nSPS) is 10.7. The predicted molar refractivity (Wildman–Crippen MR) is 82.9 cm³/mol. The van der Waals surface area contributed by atoms with Crippen LogP contribution < -0.4 is 5.32 Å². The molecule has 3 aromatic rings. The number of aryl methyl sites for hydroxylation is 1. The molecule has 0 fully saturated rings. The summed E-state index contributed by atoms with van der Waals surface area (Å²) >= 11 is 3.39. The van der Waals surface area contributed by atoms with E-state index in [9.17, 15) is 4.79 Å². The number of carbonyl (C=O) groups is 1. The minimum absolute atomic E-state index is 0.174. The number of benzene rings is 1. The predicted octanol–water partition coefficient (Wildman–Crippen LogP) is 3.89. The van der Waals surface area contributed by atoms with E-state index in [0.29, 0.717) is 11.4 Å². The standard InChI is InChI=1S/C15H12BrN3O/c1-9-7-13(18-8-12(9)16)19-15(20)11-4-2-3-10-5-6-17-14(10)11/h2-8,17H,1H3,(H,18,19,20). The van der Waals surface area contributed by atoms with Crippen molar-refractivity contribution < 1.29 is 4.79 Å². The maximum atomic E-state index is 12.3. The number of fused-ring (bicyclic) bond motifs is 1. The monoisotopic (exact) mass is 329 g/mol. The van der Waals surface area contributed by atoms with E-state index in [2.05, 4.69) is 31.2 Å². The van der Waals surface area contributed by atoms with Gasteiger partial charge in [0.05, 0.1) is 11.1 Å². The van der Waals surface area contributed by atoms with Gasteiger partial charge in [-0.15, -0.1) is 0 Å². The molecular weight excluding hydrogens is 318 g/mol. The molecule has 3 rings (SSSR count). The van der Waals surface area contributed by atoms with Gasteiger partial charge in [-0.05, 0) is 46.6 Å². The van der Waals surface area contributed by atoms with Gasteiger partial charge in [0.15, 0.2) is 0 Å². The zero-order chi connectivity index (χ0) is 14.1. The van der Waals surface area contributed by atoms with Gasteiger partial charge in [-0.1, -0.05) is 12.1 Å². The highest BCUT2D eigenvalue weighted by molar-refractivity contribution is 9.10. The van der Waals surface area contributed by atoms with Crippen LogP contribution in [0.3, 0.4) is 0 Å². The number of aromatic nitrogens is 2. The number of H-pyrrole nitrogens is 1. The fourth-order valence-corrected chi connectivity index (χ4v) is 2.28. The molecule has 20 heavy (non-hydrogen) atoms. The van der Waals surface area contributed by atoms with Crippen LogP contribution in [0.25, 0.3) is 10.9 Å². The largest absolute Gasteiger partial charge is 0.361 e. The Hall–Kier alpha value is -2.14. The number of para-hydroxylation sites is 1. The average molecular weight is 330 g/mol. The van der Waals surface area contributed by atoms with Crippen LogP contribution in [-0.2, 0) is 0 Å². The number of rotatable bonds is 2. The molecule has 0 spiro atoms. The lowest BCUT2D eigenvalue weighted by atomic mass is 10.1. The second-order valence-electron chi connectivity index (χ2n) is 4.52. The van der Waals surface area contributed by atoms with Crippen molar-refractivity contribution in [1.82, 2.24) is 9.97 Å². The van der Waals surface area contributed by atoms with Gasteiger partial charge in [0.25, 0.3) is 5.91 Å². The molecule has 100 valence electrons. The van der Waals surface area contributed by atoms with Gasteiger partial charge < -0.3 is 10.3 Å². The molecular formula is C15H12BrN3O. The number of hydrogen-bond acceptors (Lipinski definition) is 2. The van der Waals surface area contributed by atoms with Crippen molar-refractivity contribution in [2.24, 2.45) is 0 Å². The summed E-state index contributed by atoms with van der Waals surface area (Å²) in [5.41, 5.74) is 2.46. The van der Waals surface area contributed by atoms with Crippen molar-refractivity contribution in [2.45, 2.75) is 6.92 Å². The minimum Gasteiger partial charge on any atom is -0.361 e. The number of amides is 1. The number of carbonyl (C=O) groups excluding carboxylic acids is 1. The van der Waals surface area contributed by atoms with Crippen LogP contribution in [0.15, 0.2) is 47.2 Å². The summed E-state index contributed by atoms with van der Waals surface area (Å²) in [7, 11) is 0. The van der Waals surface area contributed by atoms with Crippen LogP contribution in [0.2, 0.25) is 0 Å². The molecule has 1 amide bonds. The zero-order valence-electron chi connectivity index (χ0n) is 10.8. The Balaban J connectivity index is 1.93. The minimum atomic E-state index is -0.174. The first kappa shape index (κ1) is 12.9. The lowest BCUT2D eigenvalue weighted by Gasteiger charge is -2.07. The number of nitrogens with one attached hydrogen (secondary N) is 2. The van der Waals surface area contributed by atoms with E-state index in [4.69, 9.17) is 0 Å². The number of anilines is 1. The quantitative estimate of drug-likeness (QED) is 0.749. The number of aromatic amines is 1. The van der Waals surface area contributed by atoms with Crippen molar-refractivity contribution in [1.29, 1.82) is 0 Å². The molecule has 0 saturated carbocycles. The smallest absolute Gasteiger partial charge is 0.258 e. The third-order valence-electron chi connectivity index (χ3n) is 3.12. The average Bonchev–Trinajstić information content (AvgIpc) is 2.91. The molecule has 0 unspecified atom stereocenters. The summed E-state index contributed by atoms with van der Waals surface area (Å²) in [5, 5.41) is 3.83. The highest BCUT2D eigenvalue weighted by Crippen LogP contribution is 2.20. The van der Waals surface area contributed by atoms with E-state index in [0.717, 1.165) is 20.9 Å². The van der Waals surface area contributed by atoms with Crippen molar-refractivity contribution in [2.75, 3.05) is 5.32 Å². The Bertz CT molecular complexity index is 795. The van der Waals surface area contributed by atoms with Crippen molar-refractivity contribution >= 4 is 38.6 Å². The van der Waals surface area contributed by atoms with E-state index in [1.54, 1.807) is 12.3 Å². The highest BCUT2D eigenvalue weighted by atomic mass is 79.9. The van der Waals surface area contributed by atoms with Crippen LogP contribution in [0.5, 0.6) is 0 Å². The van der Waals surface area contributed by atoms with E-state index < -0.39 is 0 Å². The first-order valence-corrected chi connectivity index (χ1v) is 6.94. The first-order chi connectivity index (χ1) is 9.65. The SMILES string of the molecule is Cc1cc(NC(=O)c2cccc3cc[nH]c23)ncc1Br. The van der Waals surface area contributed by atoms with Crippen molar-refractivity contribution in [3.63, 3.8) is 0 Å². The van der Waals surface area contributed by atoms with Gasteiger partial charge in [-0.2, -0.15) is 0 Å². The number of pyridine rings is 1. The molecule has 0 saturated heterocycles. The molecule has 5 heteroatoms. The van der Waals surface area contributed by atoms with Gasteiger partial charge >= 0.3 is 0 Å². The van der Waals surface area contributed by atoms with Gasteiger partial charge in [0.2, 0.25) is 0 Å². The first-order valence-electron chi connectivity index (χ1n) is 6.15. The maximum Gasteiger partial charge on any atom is 0.258 e. The van der Waals surface area contributed by atoms with E-state index >= 15 is 0 Å². The summed E-state index contributed by atoms with van der Waals surface area (Å²) < 4.78 is 0.918. The maximum absolute atomic E-state index is 12.3.